The molecule has 0 aromatic carbocycles. The molecule has 0 spiro atoms. The summed E-state index contributed by atoms with van der Waals surface area (Å²) in [6.45, 7) is 7.78. The summed E-state index contributed by atoms with van der Waals surface area (Å²) in [5, 5.41) is 17.3. The van der Waals surface area contributed by atoms with Gasteiger partial charge in [0.15, 0.2) is 0 Å². The van der Waals surface area contributed by atoms with Crippen molar-refractivity contribution in [2.24, 2.45) is 13.0 Å². The molecule has 0 bridgehead atoms. The first kappa shape index (κ1) is 15.0. The highest BCUT2D eigenvalue weighted by Crippen LogP contribution is 2.13. The zero-order valence-corrected chi connectivity index (χ0v) is 11.8. The van der Waals surface area contributed by atoms with Crippen molar-refractivity contribution in [2.75, 3.05) is 25.1 Å². The average molecular weight is 255 g/mol. The van der Waals surface area contributed by atoms with Crippen LogP contribution in [-0.4, -0.2) is 40.7 Å². The Morgan fingerprint density at radius 2 is 2.17 bits per heavy atom. The second-order valence-corrected chi connectivity index (χ2v) is 4.98. The minimum atomic E-state index is -0.492. The second kappa shape index (κ2) is 7.38. The molecule has 2 N–H and O–H groups in total. The van der Waals surface area contributed by atoms with Crippen LogP contribution in [0.15, 0.2) is 6.20 Å². The molecular formula is C13H25N3O2. The topological polar surface area (TPSA) is 59.3 Å². The van der Waals surface area contributed by atoms with Crippen molar-refractivity contribution in [2.45, 2.75) is 33.3 Å². The Hall–Kier alpha value is -1.07. The van der Waals surface area contributed by atoms with Gasteiger partial charge >= 0.3 is 0 Å². The molecular weight excluding hydrogens is 230 g/mol. The monoisotopic (exact) mass is 255 g/mol. The van der Waals surface area contributed by atoms with Gasteiger partial charge in [-0.25, -0.2) is 0 Å². The molecule has 1 aromatic rings. The number of hydrogen-bond acceptors (Lipinski definition) is 4. The third-order valence-corrected chi connectivity index (χ3v) is 2.53. The highest BCUT2D eigenvalue weighted by molar-refractivity contribution is 5.46. The summed E-state index contributed by atoms with van der Waals surface area (Å²) in [5.74, 6) is 0.496. The lowest BCUT2D eigenvalue weighted by Gasteiger charge is -2.13. The van der Waals surface area contributed by atoms with E-state index >= 15 is 0 Å². The number of aryl methyl sites for hydroxylation is 2. The van der Waals surface area contributed by atoms with Gasteiger partial charge in [-0.3, -0.25) is 4.68 Å². The molecule has 0 aliphatic carbocycles. The molecule has 0 saturated heterocycles. The molecule has 1 atom stereocenters. The minimum absolute atomic E-state index is 0.368. The van der Waals surface area contributed by atoms with E-state index in [0.717, 1.165) is 17.8 Å². The van der Waals surface area contributed by atoms with E-state index in [1.54, 1.807) is 4.68 Å². The van der Waals surface area contributed by atoms with E-state index in [2.05, 4.69) is 31.2 Å². The Labute approximate surface area is 109 Å². The number of aliphatic hydroxyl groups is 1. The summed E-state index contributed by atoms with van der Waals surface area (Å²) in [6, 6.07) is 0. The molecule has 1 heterocycles. The summed E-state index contributed by atoms with van der Waals surface area (Å²) in [7, 11) is 1.90. The molecule has 0 fully saturated rings. The third kappa shape index (κ3) is 5.06. The molecule has 0 aliphatic heterocycles. The van der Waals surface area contributed by atoms with E-state index < -0.39 is 6.10 Å². The normalized spacial score (nSPS) is 13.0. The summed E-state index contributed by atoms with van der Waals surface area (Å²) in [6.07, 6.45) is 2.32. The van der Waals surface area contributed by atoms with E-state index in [0.29, 0.717) is 25.7 Å². The second-order valence-electron chi connectivity index (χ2n) is 4.98. The highest BCUT2D eigenvalue weighted by Gasteiger charge is 2.09. The van der Waals surface area contributed by atoms with Gasteiger partial charge in [0, 0.05) is 26.4 Å². The van der Waals surface area contributed by atoms with Gasteiger partial charge in [0.25, 0.3) is 0 Å². The summed E-state index contributed by atoms with van der Waals surface area (Å²) in [5.41, 5.74) is 2.01. The number of hydrogen-bond donors (Lipinski definition) is 2. The van der Waals surface area contributed by atoms with E-state index in [1.807, 2.05) is 13.2 Å². The Morgan fingerprint density at radius 1 is 1.44 bits per heavy atom. The largest absolute Gasteiger partial charge is 0.389 e. The van der Waals surface area contributed by atoms with Crippen molar-refractivity contribution in [3.63, 3.8) is 0 Å². The van der Waals surface area contributed by atoms with E-state index in [9.17, 15) is 5.11 Å². The number of nitrogens with zero attached hydrogens (tertiary/aromatic N) is 2. The smallest absolute Gasteiger partial charge is 0.0945 e. The number of nitrogens with one attached hydrogen (secondary N) is 1. The van der Waals surface area contributed by atoms with Crippen LogP contribution in [0, 0.1) is 5.92 Å². The van der Waals surface area contributed by atoms with Gasteiger partial charge in [-0.2, -0.15) is 5.10 Å². The predicted octanol–water partition coefficient (Wildman–Crippen LogP) is 1.43. The Balaban J connectivity index is 2.30. The number of aromatic nitrogens is 2. The lowest BCUT2D eigenvalue weighted by Crippen LogP contribution is -2.25. The standard InChI is InChI=1S/C13H25N3O2/c1-5-12-13(7-16(4)15-12)14-6-11(17)9-18-8-10(2)3/h7,10-11,14,17H,5-6,8-9H2,1-4H3. The van der Waals surface area contributed by atoms with Gasteiger partial charge in [0.1, 0.15) is 0 Å². The highest BCUT2D eigenvalue weighted by atomic mass is 16.5. The molecule has 0 radical (unpaired) electrons. The fourth-order valence-electron chi connectivity index (χ4n) is 1.67. The summed E-state index contributed by atoms with van der Waals surface area (Å²) in [4.78, 5) is 0. The van der Waals surface area contributed by atoms with Crippen LogP contribution >= 0.6 is 0 Å². The molecule has 104 valence electrons. The maximum atomic E-state index is 9.78. The van der Waals surface area contributed by atoms with Crippen LogP contribution < -0.4 is 5.32 Å². The first-order valence-corrected chi connectivity index (χ1v) is 6.55. The lowest BCUT2D eigenvalue weighted by atomic mass is 10.2. The van der Waals surface area contributed by atoms with Crippen LogP contribution in [0.1, 0.15) is 26.5 Å². The molecule has 0 amide bonds. The van der Waals surface area contributed by atoms with Crippen LogP contribution in [0.25, 0.3) is 0 Å². The zero-order valence-electron chi connectivity index (χ0n) is 11.8. The summed E-state index contributed by atoms with van der Waals surface area (Å²) < 4.78 is 7.18. The molecule has 18 heavy (non-hydrogen) atoms. The molecule has 1 rings (SSSR count). The van der Waals surface area contributed by atoms with Gasteiger partial charge in [-0.05, 0) is 12.3 Å². The molecule has 5 nitrogen and oxygen atoms in total. The van der Waals surface area contributed by atoms with Gasteiger partial charge in [-0.1, -0.05) is 20.8 Å². The SMILES string of the molecule is CCc1nn(C)cc1NCC(O)COCC(C)C. The van der Waals surface area contributed by atoms with Crippen molar-refractivity contribution >= 4 is 5.69 Å². The fourth-order valence-corrected chi connectivity index (χ4v) is 1.67. The van der Waals surface area contributed by atoms with Crippen LogP contribution in [0.5, 0.6) is 0 Å². The van der Waals surface area contributed by atoms with Gasteiger partial charge in [0.2, 0.25) is 0 Å². The van der Waals surface area contributed by atoms with Crippen LogP contribution in [-0.2, 0) is 18.2 Å². The third-order valence-electron chi connectivity index (χ3n) is 2.53. The summed E-state index contributed by atoms with van der Waals surface area (Å²) >= 11 is 0. The number of aliphatic hydroxyl groups excluding tert-OH is 1. The molecule has 0 saturated carbocycles. The van der Waals surface area contributed by atoms with Gasteiger partial charge in [0.05, 0.1) is 24.1 Å². The molecule has 1 aromatic heterocycles. The lowest BCUT2D eigenvalue weighted by molar-refractivity contribution is 0.0318. The quantitative estimate of drug-likeness (QED) is 0.738. The van der Waals surface area contributed by atoms with Crippen LogP contribution in [0.4, 0.5) is 5.69 Å². The minimum Gasteiger partial charge on any atom is -0.389 e. The van der Waals surface area contributed by atoms with Crippen molar-refractivity contribution < 1.29 is 9.84 Å². The van der Waals surface area contributed by atoms with Gasteiger partial charge < -0.3 is 15.2 Å². The predicted molar refractivity (Wildman–Crippen MR) is 72.7 cm³/mol. The van der Waals surface area contributed by atoms with Crippen molar-refractivity contribution in [3.8, 4) is 0 Å². The molecule has 5 heteroatoms. The zero-order chi connectivity index (χ0) is 13.5. The maximum Gasteiger partial charge on any atom is 0.0945 e. The van der Waals surface area contributed by atoms with E-state index in [1.165, 1.54) is 0 Å². The van der Waals surface area contributed by atoms with Crippen molar-refractivity contribution in [1.29, 1.82) is 0 Å². The molecule has 1 unspecified atom stereocenters. The van der Waals surface area contributed by atoms with Crippen LogP contribution in [0.3, 0.4) is 0 Å². The van der Waals surface area contributed by atoms with Crippen molar-refractivity contribution in [1.82, 2.24) is 9.78 Å². The van der Waals surface area contributed by atoms with E-state index in [4.69, 9.17) is 4.74 Å². The van der Waals surface area contributed by atoms with E-state index in [-0.39, 0.29) is 0 Å². The molecule has 0 aliphatic rings. The maximum absolute atomic E-state index is 9.78. The van der Waals surface area contributed by atoms with Gasteiger partial charge in [-0.15, -0.1) is 0 Å². The first-order chi connectivity index (χ1) is 8.52. The Kier molecular flexibility index (Phi) is 6.15. The number of anilines is 1. The average Bonchev–Trinajstić information content (AvgIpc) is 2.66. The number of ether oxygens (including phenoxy) is 1. The first-order valence-electron chi connectivity index (χ1n) is 6.55. The Morgan fingerprint density at radius 3 is 2.78 bits per heavy atom. The number of rotatable bonds is 8. The Bertz CT molecular complexity index is 350. The fraction of sp³-hybridized carbons (Fsp3) is 0.769. The van der Waals surface area contributed by atoms with Crippen molar-refractivity contribution in [3.05, 3.63) is 11.9 Å². The van der Waals surface area contributed by atoms with Crippen LogP contribution in [0.2, 0.25) is 0 Å².